The van der Waals surface area contributed by atoms with E-state index in [1.807, 2.05) is 0 Å². The van der Waals surface area contributed by atoms with Crippen LogP contribution in [-0.4, -0.2) is 45.3 Å². The number of sulfonamides is 1. The molecule has 0 saturated carbocycles. The maximum atomic E-state index is 12.8. The van der Waals surface area contributed by atoms with Crippen molar-refractivity contribution in [2.75, 3.05) is 32.1 Å². The van der Waals surface area contributed by atoms with Gasteiger partial charge in [0.05, 0.1) is 23.6 Å². The minimum Gasteiger partial charge on any atom is -0.495 e. The molecule has 3 rings (SSSR count). The number of anilines is 1. The first-order valence-electron chi connectivity index (χ1n) is 9.52. The van der Waals surface area contributed by atoms with Gasteiger partial charge in [-0.2, -0.15) is 4.31 Å². The van der Waals surface area contributed by atoms with Gasteiger partial charge < -0.3 is 10.1 Å². The van der Waals surface area contributed by atoms with Gasteiger partial charge in [0, 0.05) is 24.3 Å². The second-order valence-corrected chi connectivity index (χ2v) is 9.61. The van der Waals surface area contributed by atoms with Crippen LogP contribution in [0, 0.1) is 5.92 Å². The molecule has 1 unspecified atom stereocenters. The van der Waals surface area contributed by atoms with E-state index in [2.05, 4.69) is 12.2 Å². The molecule has 6 nitrogen and oxygen atoms in total. The number of hydrogen-bond donors (Lipinski definition) is 1. The van der Waals surface area contributed by atoms with Crippen LogP contribution in [0.3, 0.4) is 0 Å². The number of hydrogen-bond acceptors (Lipinski definition) is 5. The molecule has 2 aromatic carbocycles. The van der Waals surface area contributed by atoms with Crippen molar-refractivity contribution in [2.24, 2.45) is 5.92 Å². The first kappa shape index (κ1) is 21.6. The first-order chi connectivity index (χ1) is 13.8. The van der Waals surface area contributed by atoms with Crippen LogP contribution in [0.1, 0.15) is 30.1 Å². The molecular formula is C21H25ClN2O4S. The van der Waals surface area contributed by atoms with Gasteiger partial charge >= 0.3 is 0 Å². The van der Waals surface area contributed by atoms with Crippen LogP contribution in [0.2, 0.25) is 5.02 Å². The highest BCUT2D eigenvalue weighted by molar-refractivity contribution is 7.89. The molecule has 0 bridgehead atoms. The number of carbonyl (C=O) groups excluding carboxylic acids is 1. The average molecular weight is 437 g/mol. The van der Waals surface area contributed by atoms with E-state index in [0.717, 1.165) is 12.8 Å². The molecule has 0 aromatic heterocycles. The van der Waals surface area contributed by atoms with Crippen molar-refractivity contribution in [3.8, 4) is 5.75 Å². The third kappa shape index (κ3) is 5.10. The van der Waals surface area contributed by atoms with Gasteiger partial charge in [-0.05, 0) is 61.2 Å². The zero-order valence-electron chi connectivity index (χ0n) is 16.5. The number of ketones is 1. The van der Waals surface area contributed by atoms with Crippen LogP contribution in [-0.2, 0) is 10.0 Å². The molecule has 1 fully saturated rings. The van der Waals surface area contributed by atoms with Crippen LogP contribution in [0.4, 0.5) is 5.69 Å². The van der Waals surface area contributed by atoms with E-state index in [-0.39, 0.29) is 17.2 Å². The SMILES string of the molecule is COc1ccc(C(=O)CNc2ccc(S(=O)(=O)N3CCCC(C)C3)cc2)cc1Cl. The maximum Gasteiger partial charge on any atom is 0.243 e. The molecule has 1 N–H and O–H groups in total. The Bertz CT molecular complexity index is 977. The molecule has 0 radical (unpaired) electrons. The highest BCUT2D eigenvalue weighted by Gasteiger charge is 2.28. The van der Waals surface area contributed by atoms with Crippen molar-refractivity contribution < 1.29 is 17.9 Å². The summed E-state index contributed by atoms with van der Waals surface area (Å²) in [5.74, 6) is 0.751. The van der Waals surface area contributed by atoms with E-state index in [9.17, 15) is 13.2 Å². The summed E-state index contributed by atoms with van der Waals surface area (Å²) in [7, 11) is -1.97. The van der Waals surface area contributed by atoms with Gasteiger partial charge in [-0.15, -0.1) is 0 Å². The lowest BCUT2D eigenvalue weighted by atomic mass is 10.0. The predicted molar refractivity (Wildman–Crippen MR) is 114 cm³/mol. The number of carbonyl (C=O) groups is 1. The monoisotopic (exact) mass is 436 g/mol. The number of rotatable bonds is 7. The molecule has 8 heteroatoms. The van der Waals surface area contributed by atoms with Gasteiger partial charge in [0.2, 0.25) is 10.0 Å². The van der Waals surface area contributed by atoms with Gasteiger partial charge in [-0.3, -0.25) is 4.79 Å². The van der Waals surface area contributed by atoms with Crippen molar-refractivity contribution in [2.45, 2.75) is 24.7 Å². The summed E-state index contributed by atoms with van der Waals surface area (Å²) in [6, 6.07) is 11.4. The largest absolute Gasteiger partial charge is 0.495 e. The number of methoxy groups -OCH3 is 1. The standard InChI is InChI=1S/C21H25ClN2O4S/c1-15-4-3-11-24(14-15)29(26,27)18-8-6-17(7-9-18)23-13-20(25)16-5-10-21(28-2)19(22)12-16/h5-10,12,15,23H,3-4,11,13-14H2,1-2H3. The molecule has 1 aliphatic rings. The molecular weight excluding hydrogens is 412 g/mol. The van der Waals surface area contributed by atoms with Crippen LogP contribution in [0.25, 0.3) is 0 Å². The van der Waals surface area contributed by atoms with Crippen molar-refractivity contribution >= 4 is 33.1 Å². The molecule has 1 heterocycles. The van der Waals surface area contributed by atoms with Crippen LogP contribution in [0.15, 0.2) is 47.4 Å². The Morgan fingerprint density at radius 1 is 1.24 bits per heavy atom. The lowest BCUT2D eigenvalue weighted by Gasteiger charge is -2.30. The molecule has 2 aromatic rings. The number of Topliss-reactive ketones (excluding diaryl/α,β-unsaturated/α-hetero) is 1. The molecule has 1 saturated heterocycles. The van der Waals surface area contributed by atoms with Crippen LogP contribution >= 0.6 is 11.6 Å². The van der Waals surface area contributed by atoms with E-state index < -0.39 is 10.0 Å². The molecule has 156 valence electrons. The number of nitrogens with zero attached hydrogens (tertiary/aromatic N) is 1. The summed E-state index contributed by atoms with van der Waals surface area (Å²) in [4.78, 5) is 12.6. The Labute approximate surface area is 176 Å². The van der Waals surface area contributed by atoms with Crippen molar-refractivity contribution in [3.63, 3.8) is 0 Å². The van der Waals surface area contributed by atoms with Crippen molar-refractivity contribution in [1.29, 1.82) is 0 Å². The highest BCUT2D eigenvalue weighted by Crippen LogP contribution is 2.26. The van der Waals surface area contributed by atoms with Gasteiger partial charge in [-0.25, -0.2) is 8.42 Å². The summed E-state index contributed by atoms with van der Waals surface area (Å²) in [6.45, 7) is 3.26. The average Bonchev–Trinajstić information content (AvgIpc) is 2.72. The normalized spacial score (nSPS) is 17.7. The van der Waals surface area contributed by atoms with Gasteiger partial charge in [0.15, 0.2) is 5.78 Å². The zero-order chi connectivity index (χ0) is 21.0. The number of nitrogens with one attached hydrogen (secondary N) is 1. The van der Waals surface area contributed by atoms with Crippen LogP contribution < -0.4 is 10.1 Å². The number of ether oxygens (including phenoxy) is 1. The lowest BCUT2D eigenvalue weighted by Crippen LogP contribution is -2.39. The minimum absolute atomic E-state index is 0.0679. The second-order valence-electron chi connectivity index (χ2n) is 7.26. The Balaban J connectivity index is 1.63. The molecule has 29 heavy (non-hydrogen) atoms. The third-order valence-electron chi connectivity index (χ3n) is 5.04. The lowest BCUT2D eigenvalue weighted by molar-refractivity contribution is 0.101. The summed E-state index contributed by atoms with van der Waals surface area (Å²) in [5, 5.41) is 3.40. The van der Waals surface area contributed by atoms with Gasteiger partial charge in [0.1, 0.15) is 5.75 Å². The number of piperidine rings is 1. The van der Waals surface area contributed by atoms with E-state index in [1.54, 1.807) is 46.8 Å². The Morgan fingerprint density at radius 2 is 1.97 bits per heavy atom. The van der Waals surface area contributed by atoms with E-state index >= 15 is 0 Å². The fourth-order valence-corrected chi connectivity index (χ4v) is 5.24. The van der Waals surface area contributed by atoms with E-state index in [1.165, 1.54) is 7.11 Å². The Morgan fingerprint density at radius 3 is 2.59 bits per heavy atom. The van der Waals surface area contributed by atoms with Gasteiger partial charge in [0.25, 0.3) is 0 Å². The molecule has 1 aliphatic heterocycles. The molecule has 1 atom stereocenters. The second kappa shape index (κ2) is 9.15. The molecule has 0 aliphatic carbocycles. The van der Waals surface area contributed by atoms with Gasteiger partial charge in [-0.1, -0.05) is 18.5 Å². The van der Waals surface area contributed by atoms with Crippen molar-refractivity contribution in [3.05, 3.63) is 53.1 Å². The number of halogens is 1. The van der Waals surface area contributed by atoms with E-state index in [4.69, 9.17) is 16.3 Å². The molecule has 0 spiro atoms. The molecule has 0 amide bonds. The fourth-order valence-electron chi connectivity index (χ4n) is 3.38. The number of benzene rings is 2. The first-order valence-corrected chi connectivity index (χ1v) is 11.3. The smallest absolute Gasteiger partial charge is 0.243 e. The minimum atomic E-state index is -3.49. The fraction of sp³-hybridized carbons (Fsp3) is 0.381. The quantitative estimate of drug-likeness (QED) is 0.662. The predicted octanol–water partition coefficient (Wildman–Crippen LogP) is 4.06. The zero-order valence-corrected chi connectivity index (χ0v) is 18.1. The highest BCUT2D eigenvalue weighted by atomic mass is 35.5. The third-order valence-corrected chi connectivity index (χ3v) is 7.21. The topological polar surface area (TPSA) is 75.7 Å². The van der Waals surface area contributed by atoms with E-state index in [0.29, 0.717) is 41.0 Å². The Kier molecular flexibility index (Phi) is 6.82. The Hall–Kier alpha value is -2.09. The summed E-state index contributed by atoms with van der Waals surface area (Å²) >= 11 is 6.07. The summed E-state index contributed by atoms with van der Waals surface area (Å²) in [5.41, 5.74) is 1.14. The maximum absolute atomic E-state index is 12.8. The summed E-state index contributed by atoms with van der Waals surface area (Å²) < 4.78 is 32.3. The van der Waals surface area contributed by atoms with Crippen LogP contribution in [0.5, 0.6) is 5.75 Å². The van der Waals surface area contributed by atoms with Crippen molar-refractivity contribution in [1.82, 2.24) is 4.31 Å². The summed E-state index contributed by atoms with van der Waals surface area (Å²) in [6.07, 6.45) is 1.94.